The fourth-order valence-corrected chi connectivity index (χ4v) is 3.51. The average molecular weight is 464 g/mol. The zero-order valence-corrected chi connectivity index (χ0v) is 18.1. The van der Waals surface area contributed by atoms with E-state index in [-0.39, 0.29) is 25.1 Å². The number of likely N-dealkylation sites (tertiary alicyclic amines) is 1. The summed E-state index contributed by atoms with van der Waals surface area (Å²) in [6.45, 7) is 1.55. The van der Waals surface area contributed by atoms with Crippen LogP contribution in [0.2, 0.25) is 0 Å². The second-order valence-electron chi connectivity index (χ2n) is 7.91. The minimum Gasteiger partial charge on any atom is -0.508 e. The first-order chi connectivity index (χ1) is 15.5. The highest BCUT2D eigenvalue weighted by Crippen LogP contribution is 2.20. The van der Waals surface area contributed by atoms with E-state index in [1.165, 1.54) is 36.1 Å². The van der Waals surface area contributed by atoms with E-state index in [0.717, 1.165) is 0 Å². The molecule has 1 heterocycles. The summed E-state index contributed by atoms with van der Waals surface area (Å²) in [4.78, 5) is 61.9. The zero-order chi connectivity index (χ0) is 24.7. The third kappa shape index (κ3) is 7.17. The number of nitrogens with two attached hydrogens (primary N) is 1. The molecule has 1 saturated heterocycles. The van der Waals surface area contributed by atoms with E-state index in [4.69, 9.17) is 10.8 Å². The van der Waals surface area contributed by atoms with Crippen molar-refractivity contribution in [2.45, 2.75) is 56.8 Å². The molecule has 33 heavy (non-hydrogen) atoms. The predicted molar refractivity (Wildman–Crippen MR) is 114 cm³/mol. The van der Waals surface area contributed by atoms with Crippen molar-refractivity contribution in [3.05, 3.63) is 29.8 Å². The lowest BCUT2D eigenvalue weighted by Gasteiger charge is -2.28. The number of carboxylic acids is 2. The van der Waals surface area contributed by atoms with Crippen LogP contribution < -0.4 is 16.4 Å². The summed E-state index contributed by atoms with van der Waals surface area (Å²) in [5.74, 6) is -4.83. The van der Waals surface area contributed by atoms with Gasteiger partial charge in [-0.1, -0.05) is 12.1 Å². The van der Waals surface area contributed by atoms with E-state index in [1.54, 1.807) is 0 Å². The number of phenolic OH excluding ortho intramolecular Hbond substituents is 1. The topological polar surface area (TPSA) is 199 Å². The minimum atomic E-state index is -1.50. The maximum Gasteiger partial charge on any atom is 0.326 e. The number of aliphatic carboxylic acids is 2. The van der Waals surface area contributed by atoms with Gasteiger partial charge < -0.3 is 36.6 Å². The third-order valence-corrected chi connectivity index (χ3v) is 5.24. The Hall–Kier alpha value is -3.67. The Kier molecular flexibility index (Phi) is 8.74. The molecule has 2 rings (SSSR count). The van der Waals surface area contributed by atoms with Gasteiger partial charge in [0.1, 0.15) is 23.9 Å². The highest BCUT2D eigenvalue weighted by Gasteiger charge is 2.38. The number of carboxylic acid groups (broad SMARTS) is 2. The lowest BCUT2D eigenvalue weighted by Crippen LogP contribution is -2.57. The molecule has 0 saturated carbocycles. The first-order valence-electron chi connectivity index (χ1n) is 10.4. The van der Waals surface area contributed by atoms with Gasteiger partial charge in [0.05, 0.1) is 12.5 Å². The molecule has 12 nitrogen and oxygen atoms in total. The Labute approximate surface area is 189 Å². The van der Waals surface area contributed by atoms with Gasteiger partial charge in [-0.2, -0.15) is 0 Å². The van der Waals surface area contributed by atoms with Gasteiger partial charge in [-0.3, -0.25) is 19.2 Å². The molecule has 0 radical (unpaired) electrons. The van der Waals surface area contributed by atoms with Crippen molar-refractivity contribution >= 4 is 29.7 Å². The molecule has 4 atom stereocenters. The Morgan fingerprint density at radius 2 is 1.67 bits per heavy atom. The molecule has 1 aliphatic rings. The molecule has 1 aromatic rings. The highest BCUT2D eigenvalue weighted by molar-refractivity contribution is 5.95. The Balaban J connectivity index is 2.28. The standard InChI is InChI=1S/C21H28N4O8/c1-11(22)18(29)23-14(10-17(27)28)19(30)24-15(9-12-4-6-13(26)7-5-12)20(31)25-8-2-3-16(25)21(32)33/h4-7,11,14-16,26H,2-3,8-10,22H2,1H3,(H,23,29)(H,24,30)(H,27,28)(H,32,33). The number of carbonyl (C=O) groups is 5. The molecule has 1 aliphatic heterocycles. The summed E-state index contributed by atoms with van der Waals surface area (Å²) in [5.41, 5.74) is 6.04. The van der Waals surface area contributed by atoms with Gasteiger partial charge in [-0.05, 0) is 37.5 Å². The molecule has 1 fully saturated rings. The Morgan fingerprint density at radius 1 is 1.06 bits per heavy atom. The van der Waals surface area contributed by atoms with Crippen LogP contribution in [0.4, 0.5) is 0 Å². The van der Waals surface area contributed by atoms with Gasteiger partial charge in [0.15, 0.2) is 0 Å². The predicted octanol–water partition coefficient (Wildman–Crippen LogP) is -1.20. The lowest BCUT2D eigenvalue weighted by molar-refractivity contribution is -0.149. The van der Waals surface area contributed by atoms with Crippen molar-refractivity contribution in [1.82, 2.24) is 15.5 Å². The summed E-state index contributed by atoms with van der Waals surface area (Å²) >= 11 is 0. The summed E-state index contributed by atoms with van der Waals surface area (Å²) in [5, 5.41) is 32.7. The first kappa shape index (κ1) is 25.6. The largest absolute Gasteiger partial charge is 0.508 e. The molecule has 12 heteroatoms. The molecule has 0 bridgehead atoms. The van der Waals surface area contributed by atoms with Gasteiger partial charge in [0.25, 0.3) is 0 Å². The first-order valence-corrected chi connectivity index (χ1v) is 10.4. The van der Waals surface area contributed by atoms with Crippen LogP contribution in [-0.2, 0) is 30.4 Å². The van der Waals surface area contributed by atoms with Crippen LogP contribution in [0.1, 0.15) is 31.7 Å². The molecule has 0 aromatic heterocycles. The van der Waals surface area contributed by atoms with E-state index < -0.39 is 60.2 Å². The molecular formula is C21H28N4O8. The SMILES string of the molecule is CC(N)C(=O)NC(CC(=O)O)C(=O)NC(Cc1ccc(O)cc1)C(=O)N1CCCC1C(=O)O. The number of nitrogens with zero attached hydrogens (tertiary/aromatic N) is 1. The highest BCUT2D eigenvalue weighted by atomic mass is 16.4. The number of hydrogen-bond donors (Lipinski definition) is 6. The number of hydrogen-bond acceptors (Lipinski definition) is 7. The quantitative estimate of drug-likeness (QED) is 0.246. The number of phenols is 1. The molecule has 180 valence electrons. The van der Waals surface area contributed by atoms with Crippen LogP contribution in [0.15, 0.2) is 24.3 Å². The van der Waals surface area contributed by atoms with Gasteiger partial charge >= 0.3 is 11.9 Å². The van der Waals surface area contributed by atoms with Crippen LogP contribution in [0.3, 0.4) is 0 Å². The van der Waals surface area contributed by atoms with Gasteiger partial charge in [0.2, 0.25) is 17.7 Å². The van der Waals surface area contributed by atoms with Crippen LogP contribution in [-0.4, -0.2) is 80.6 Å². The third-order valence-electron chi connectivity index (χ3n) is 5.24. The summed E-state index contributed by atoms with van der Waals surface area (Å²) in [6.07, 6.45) is -0.0394. The van der Waals surface area contributed by atoms with Crippen LogP contribution in [0.5, 0.6) is 5.75 Å². The average Bonchev–Trinajstić information content (AvgIpc) is 3.23. The van der Waals surface area contributed by atoms with Crippen molar-refractivity contribution in [3.63, 3.8) is 0 Å². The number of rotatable bonds is 10. The van der Waals surface area contributed by atoms with Crippen LogP contribution >= 0.6 is 0 Å². The number of amides is 3. The zero-order valence-electron chi connectivity index (χ0n) is 18.1. The molecule has 0 aliphatic carbocycles. The Morgan fingerprint density at radius 3 is 2.21 bits per heavy atom. The molecule has 4 unspecified atom stereocenters. The maximum absolute atomic E-state index is 13.2. The summed E-state index contributed by atoms with van der Waals surface area (Å²) in [7, 11) is 0. The van der Waals surface area contributed by atoms with Crippen LogP contribution in [0.25, 0.3) is 0 Å². The van der Waals surface area contributed by atoms with E-state index >= 15 is 0 Å². The van der Waals surface area contributed by atoms with Crippen LogP contribution in [0, 0.1) is 0 Å². The summed E-state index contributed by atoms with van der Waals surface area (Å²) < 4.78 is 0. The van der Waals surface area contributed by atoms with Crippen molar-refractivity contribution in [1.29, 1.82) is 0 Å². The minimum absolute atomic E-state index is 0.00344. The number of carbonyl (C=O) groups excluding carboxylic acids is 3. The number of aromatic hydroxyl groups is 1. The second-order valence-corrected chi connectivity index (χ2v) is 7.91. The monoisotopic (exact) mass is 464 g/mol. The Bertz CT molecular complexity index is 902. The van der Waals surface area contributed by atoms with Gasteiger partial charge in [-0.25, -0.2) is 4.79 Å². The van der Waals surface area contributed by atoms with E-state index in [1.807, 2.05) is 0 Å². The van der Waals surface area contributed by atoms with Gasteiger partial charge in [-0.15, -0.1) is 0 Å². The summed E-state index contributed by atoms with van der Waals surface area (Å²) in [6, 6.07) is 1.10. The van der Waals surface area contributed by atoms with Crippen molar-refractivity contribution in [2.24, 2.45) is 5.73 Å². The van der Waals surface area contributed by atoms with Gasteiger partial charge in [0, 0.05) is 13.0 Å². The molecule has 3 amide bonds. The number of benzene rings is 1. The second kappa shape index (κ2) is 11.3. The van der Waals surface area contributed by atoms with E-state index in [0.29, 0.717) is 12.0 Å². The van der Waals surface area contributed by atoms with E-state index in [2.05, 4.69) is 10.6 Å². The number of nitrogens with one attached hydrogen (secondary N) is 2. The maximum atomic E-state index is 13.2. The fourth-order valence-electron chi connectivity index (χ4n) is 3.51. The fraction of sp³-hybridized carbons (Fsp3) is 0.476. The molecule has 0 spiro atoms. The lowest BCUT2D eigenvalue weighted by atomic mass is 10.0. The molecule has 1 aromatic carbocycles. The normalized spacial score (nSPS) is 18.1. The van der Waals surface area contributed by atoms with Crippen molar-refractivity contribution in [2.75, 3.05) is 6.54 Å². The molecule has 7 N–H and O–H groups in total. The smallest absolute Gasteiger partial charge is 0.326 e. The van der Waals surface area contributed by atoms with Crippen molar-refractivity contribution < 1.29 is 39.3 Å². The molecular weight excluding hydrogens is 436 g/mol. The van der Waals surface area contributed by atoms with Crippen molar-refractivity contribution in [3.8, 4) is 5.75 Å². The van der Waals surface area contributed by atoms with E-state index in [9.17, 15) is 34.2 Å².